The Morgan fingerprint density at radius 2 is 1.84 bits per heavy atom. The smallest absolute Gasteiger partial charge is 0.249 e. The maximum absolute atomic E-state index is 12.9. The lowest BCUT2D eigenvalue weighted by molar-refractivity contribution is -0.127. The van der Waals surface area contributed by atoms with Crippen LogP contribution in [0.25, 0.3) is 10.6 Å². The van der Waals surface area contributed by atoms with Gasteiger partial charge in [-0.15, -0.1) is 10.2 Å². The molecule has 2 unspecified atom stereocenters. The number of unbranched alkanes of at least 4 members (excludes halogenated alkanes) is 5. The summed E-state index contributed by atoms with van der Waals surface area (Å²) in [6, 6.07) is 6.73. The molecule has 0 aliphatic heterocycles. The van der Waals surface area contributed by atoms with E-state index in [1.165, 1.54) is 30.6 Å². The van der Waals surface area contributed by atoms with Crippen LogP contribution in [0.15, 0.2) is 24.3 Å². The highest BCUT2D eigenvalue weighted by Crippen LogP contribution is 2.28. The molecule has 0 bridgehead atoms. The van der Waals surface area contributed by atoms with Crippen LogP contribution in [0.2, 0.25) is 5.02 Å². The minimum Gasteiger partial charge on any atom is -0.344 e. The van der Waals surface area contributed by atoms with Crippen LogP contribution in [0.4, 0.5) is 5.13 Å². The second-order valence-electron chi connectivity index (χ2n) is 7.86. The monoisotopic (exact) mass is 464 g/mol. The summed E-state index contributed by atoms with van der Waals surface area (Å²) in [5, 5.41) is 15.6. The van der Waals surface area contributed by atoms with E-state index in [1.807, 2.05) is 26.0 Å². The van der Waals surface area contributed by atoms with Crippen LogP contribution in [0, 0.1) is 5.92 Å². The normalized spacial score (nSPS) is 12.9. The summed E-state index contributed by atoms with van der Waals surface area (Å²) < 4.78 is 0. The molecule has 1 aromatic heterocycles. The molecule has 2 N–H and O–H groups in total. The van der Waals surface area contributed by atoms with Gasteiger partial charge < -0.3 is 5.32 Å². The van der Waals surface area contributed by atoms with Crippen molar-refractivity contribution in [1.82, 2.24) is 15.5 Å². The quantitative estimate of drug-likeness (QED) is 0.352. The summed E-state index contributed by atoms with van der Waals surface area (Å²) in [4.78, 5) is 25.3. The van der Waals surface area contributed by atoms with Crippen molar-refractivity contribution in [1.29, 1.82) is 0 Å². The summed E-state index contributed by atoms with van der Waals surface area (Å²) in [7, 11) is 0. The fourth-order valence-electron chi connectivity index (χ4n) is 3.21. The van der Waals surface area contributed by atoms with Crippen LogP contribution in [0.1, 0.15) is 72.1 Å². The minimum atomic E-state index is -0.601. The predicted molar refractivity (Wildman–Crippen MR) is 128 cm³/mol. The van der Waals surface area contributed by atoms with Gasteiger partial charge in [0.1, 0.15) is 11.0 Å². The van der Waals surface area contributed by atoms with E-state index in [9.17, 15) is 9.59 Å². The second kappa shape index (κ2) is 13.4. The van der Waals surface area contributed by atoms with Crippen LogP contribution in [0.5, 0.6) is 0 Å². The van der Waals surface area contributed by atoms with Gasteiger partial charge in [-0.25, -0.2) is 0 Å². The molecule has 0 fully saturated rings. The SMILES string of the molecule is CCCCCCCCC(=O)NC(C(=O)Nc1nnc(-c2cccc(Cl)c2)s1)C(C)CC. The zero-order valence-electron chi connectivity index (χ0n) is 18.6. The molecule has 6 nitrogen and oxygen atoms in total. The highest BCUT2D eigenvalue weighted by Gasteiger charge is 2.26. The van der Waals surface area contributed by atoms with E-state index >= 15 is 0 Å². The number of halogens is 1. The van der Waals surface area contributed by atoms with Crippen LogP contribution in [0.3, 0.4) is 0 Å². The van der Waals surface area contributed by atoms with Gasteiger partial charge in [-0.2, -0.15) is 0 Å². The van der Waals surface area contributed by atoms with E-state index in [2.05, 4.69) is 27.8 Å². The van der Waals surface area contributed by atoms with Crippen molar-refractivity contribution in [3.05, 3.63) is 29.3 Å². The van der Waals surface area contributed by atoms with Crippen molar-refractivity contribution >= 4 is 39.9 Å². The lowest BCUT2D eigenvalue weighted by Crippen LogP contribution is -2.47. The number of benzene rings is 1. The maximum atomic E-state index is 12.9. The minimum absolute atomic E-state index is 0.00817. The largest absolute Gasteiger partial charge is 0.344 e. The van der Waals surface area contributed by atoms with Crippen molar-refractivity contribution in [2.45, 2.75) is 78.2 Å². The van der Waals surface area contributed by atoms with Gasteiger partial charge in [0.15, 0.2) is 0 Å². The fraction of sp³-hybridized carbons (Fsp3) is 0.565. The Hall–Kier alpha value is -1.99. The van der Waals surface area contributed by atoms with Gasteiger partial charge in [0.2, 0.25) is 16.9 Å². The van der Waals surface area contributed by atoms with Crippen LogP contribution >= 0.6 is 22.9 Å². The van der Waals surface area contributed by atoms with Gasteiger partial charge in [0.05, 0.1) is 0 Å². The molecule has 8 heteroatoms. The van der Waals surface area contributed by atoms with Gasteiger partial charge in [0, 0.05) is 17.0 Å². The molecule has 2 rings (SSSR count). The van der Waals surface area contributed by atoms with E-state index in [0.717, 1.165) is 31.2 Å². The number of carbonyl (C=O) groups excluding carboxylic acids is 2. The number of anilines is 1. The van der Waals surface area contributed by atoms with Crippen LogP contribution in [-0.4, -0.2) is 28.1 Å². The molecule has 2 atom stereocenters. The molecule has 31 heavy (non-hydrogen) atoms. The molecule has 2 amide bonds. The average molecular weight is 465 g/mol. The van der Waals surface area contributed by atoms with E-state index in [0.29, 0.717) is 21.6 Å². The standard InChI is InChI=1S/C23H33ClN4O2S/c1-4-6-7-8-9-10-14-19(29)25-20(16(3)5-2)21(30)26-23-28-27-22(31-23)17-12-11-13-18(24)15-17/h11-13,15-16,20H,4-10,14H2,1-3H3,(H,25,29)(H,26,28,30). The number of amides is 2. The zero-order chi connectivity index (χ0) is 22.6. The number of hydrogen-bond acceptors (Lipinski definition) is 5. The molecular weight excluding hydrogens is 432 g/mol. The first kappa shape index (κ1) is 25.3. The highest BCUT2D eigenvalue weighted by molar-refractivity contribution is 7.18. The Labute approximate surface area is 194 Å². The fourth-order valence-corrected chi connectivity index (χ4v) is 4.14. The van der Waals surface area contributed by atoms with Crippen LogP contribution < -0.4 is 10.6 Å². The molecule has 0 spiro atoms. The summed E-state index contributed by atoms with van der Waals surface area (Å²) in [6.07, 6.45) is 7.95. The molecule has 170 valence electrons. The summed E-state index contributed by atoms with van der Waals surface area (Å²) in [6.45, 7) is 6.16. The number of carbonyl (C=O) groups is 2. The van der Waals surface area contributed by atoms with E-state index in [4.69, 9.17) is 11.6 Å². The number of aromatic nitrogens is 2. The first-order chi connectivity index (χ1) is 14.9. The van der Waals surface area contributed by atoms with Crippen LogP contribution in [-0.2, 0) is 9.59 Å². The summed E-state index contributed by atoms with van der Waals surface area (Å²) in [5.74, 6) is -0.332. The van der Waals surface area contributed by atoms with E-state index < -0.39 is 6.04 Å². The van der Waals surface area contributed by atoms with Crippen molar-refractivity contribution < 1.29 is 9.59 Å². The number of nitrogens with one attached hydrogen (secondary N) is 2. The topological polar surface area (TPSA) is 84.0 Å². The highest BCUT2D eigenvalue weighted by atomic mass is 35.5. The number of nitrogens with zero attached hydrogens (tertiary/aromatic N) is 2. The number of hydrogen-bond donors (Lipinski definition) is 2. The Balaban J connectivity index is 1.92. The van der Waals surface area contributed by atoms with Gasteiger partial charge in [-0.05, 0) is 24.5 Å². The lowest BCUT2D eigenvalue weighted by atomic mass is 9.98. The third kappa shape index (κ3) is 8.57. The van der Waals surface area contributed by atoms with Crippen molar-refractivity contribution in [2.24, 2.45) is 5.92 Å². The van der Waals surface area contributed by atoms with E-state index in [1.54, 1.807) is 12.1 Å². The molecule has 0 aliphatic carbocycles. The van der Waals surface area contributed by atoms with Crippen molar-refractivity contribution in [3.8, 4) is 10.6 Å². The molecular formula is C23H33ClN4O2S. The van der Waals surface area contributed by atoms with Crippen molar-refractivity contribution in [2.75, 3.05) is 5.32 Å². The van der Waals surface area contributed by atoms with Gasteiger partial charge in [0.25, 0.3) is 0 Å². The first-order valence-corrected chi connectivity index (χ1v) is 12.3. The number of rotatable bonds is 13. The first-order valence-electron chi connectivity index (χ1n) is 11.1. The zero-order valence-corrected chi connectivity index (χ0v) is 20.2. The third-order valence-electron chi connectivity index (χ3n) is 5.30. The Morgan fingerprint density at radius 3 is 2.55 bits per heavy atom. The predicted octanol–water partition coefficient (Wildman–Crippen LogP) is 6.08. The third-order valence-corrected chi connectivity index (χ3v) is 6.42. The Morgan fingerprint density at radius 1 is 1.10 bits per heavy atom. The molecule has 0 aliphatic rings. The Kier molecular flexibility index (Phi) is 10.9. The molecule has 0 radical (unpaired) electrons. The van der Waals surface area contributed by atoms with Crippen molar-refractivity contribution in [3.63, 3.8) is 0 Å². The summed E-state index contributed by atoms with van der Waals surface area (Å²) in [5.41, 5.74) is 0.844. The lowest BCUT2D eigenvalue weighted by Gasteiger charge is -2.23. The average Bonchev–Trinajstić information content (AvgIpc) is 3.22. The summed E-state index contributed by atoms with van der Waals surface area (Å²) >= 11 is 7.32. The molecule has 1 heterocycles. The molecule has 2 aromatic rings. The molecule has 0 saturated carbocycles. The van der Waals surface area contributed by atoms with Gasteiger partial charge >= 0.3 is 0 Å². The Bertz CT molecular complexity index is 842. The molecule has 0 saturated heterocycles. The maximum Gasteiger partial charge on any atom is 0.249 e. The van der Waals surface area contributed by atoms with Gasteiger partial charge in [-0.3, -0.25) is 14.9 Å². The second-order valence-corrected chi connectivity index (χ2v) is 9.27. The van der Waals surface area contributed by atoms with Gasteiger partial charge in [-0.1, -0.05) is 94.4 Å². The van der Waals surface area contributed by atoms with E-state index in [-0.39, 0.29) is 17.7 Å². The molecule has 1 aromatic carbocycles.